The van der Waals surface area contributed by atoms with E-state index in [0.29, 0.717) is 24.3 Å². The van der Waals surface area contributed by atoms with Gasteiger partial charge in [-0.2, -0.15) is 0 Å². The highest BCUT2D eigenvalue weighted by Crippen LogP contribution is 2.21. The van der Waals surface area contributed by atoms with Gasteiger partial charge in [-0.3, -0.25) is 9.59 Å². The summed E-state index contributed by atoms with van der Waals surface area (Å²) in [5, 5.41) is 11.8. The Kier molecular flexibility index (Phi) is 4.74. The average Bonchev–Trinajstić information content (AvgIpc) is 2.90. The summed E-state index contributed by atoms with van der Waals surface area (Å²) in [5.74, 6) is -1.23. The van der Waals surface area contributed by atoms with Gasteiger partial charge < -0.3 is 15.2 Å². The zero-order valence-electron chi connectivity index (χ0n) is 11.5. The second kappa shape index (κ2) is 6.52. The van der Waals surface area contributed by atoms with Crippen LogP contribution in [0.4, 0.5) is 5.69 Å². The van der Waals surface area contributed by atoms with Crippen LogP contribution in [0.2, 0.25) is 0 Å². The van der Waals surface area contributed by atoms with Crippen LogP contribution < -0.4 is 5.32 Å². The van der Waals surface area contributed by atoms with Gasteiger partial charge in [-0.1, -0.05) is 12.1 Å². The number of carboxylic acid groups (broad SMARTS) is 1. The molecule has 5 nitrogen and oxygen atoms in total. The molecule has 108 valence electrons. The van der Waals surface area contributed by atoms with Crippen molar-refractivity contribution < 1.29 is 19.4 Å². The molecule has 2 unspecified atom stereocenters. The Labute approximate surface area is 117 Å². The highest BCUT2D eigenvalue weighted by Gasteiger charge is 2.19. The Balaban J connectivity index is 1.96. The molecule has 1 fully saturated rings. The van der Waals surface area contributed by atoms with E-state index in [-0.39, 0.29) is 11.8 Å². The maximum atomic E-state index is 11.9. The molecule has 1 aromatic carbocycles. The molecule has 0 saturated carbocycles. The molecule has 0 spiro atoms. The number of carbonyl (C=O) groups is 2. The van der Waals surface area contributed by atoms with Gasteiger partial charge in [-0.25, -0.2) is 0 Å². The summed E-state index contributed by atoms with van der Waals surface area (Å²) in [5.41, 5.74) is 1.32. The van der Waals surface area contributed by atoms with E-state index in [9.17, 15) is 9.59 Å². The number of hydrogen-bond acceptors (Lipinski definition) is 3. The largest absolute Gasteiger partial charge is 0.481 e. The first kappa shape index (κ1) is 14.5. The Morgan fingerprint density at radius 2 is 2.30 bits per heavy atom. The van der Waals surface area contributed by atoms with Crippen molar-refractivity contribution in [3.8, 4) is 0 Å². The summed E-state index contributed by atoms with van der Waals surface area (Å²) >= 11 is 0. The van der Waals surface area contributed by atoms with Crippen LogP contribution in [0.25, 0.3) is 0 Å². The van der Waals surface area contributed by atoms with Crippen molar-refractivity contribution >= 4 is 17.6 Å². The van der Waals surface area contributed by atoms with Gasteiger partial charge in [0.15, 0.2) is 0 Å². The van der Waals surface area contributed by atoms with Crippen LogP contribution in [-0.2, 0) is 14.3 Å². The summed E-state index contributed by atoms with van der Waals surface area (Å²) in [6, 6.07) is 6.98. The minimum Gasteiger partial charge on any atom is -0.481 e. The summed E-state index contributed by atoms with van der Waals surface area (Å²) in [4.78, 5) is 22.9. The molecule has 0 aromatic heterocycles. The minimum atomic E-state index is -0.878. The third-order valence-corrected chi connectivity index (χ3v) is 3.54. The standard InChI is InChI=1S/C15H19NO4/c1-10(15(18)19)12-3-2-4-13(8-12)16-14(17)7-11-5-6-20-9-11/h2-4,8,10-11H,5-7,9H2,1H3,(H,16,17)(H,18,19). The zero-order valence-corrected chi connectivity index (χ0v) is 11.5. The van der Waals surface area contributed by atoms with Crippen LogP contribution >= 0.6 is 0 Å². The van der Waals surface area contributed by atoms with Gasteiger partial charge >= 0.3 is 5.97 Å². The number of rotatable bonds is 5. The number of amides is 1. The van der Waals surface area contributed by atoms with E-state index in [1.807, 2.05) is 0 Å². The molecule has 1 aromatic rings. The van der Waals surface area contributed by atoms with Crippen LogP contribution in [0.1, 0.15) is 31.2 Å². The number of ether oxygens (including phenoxy) is 1. The molecular weight excluding hydrogens is 258 g/mol. The first-order chi connectivity index (χ1) is 9.56. The van der Waals surface area contributed by atoms with Gasteiger partial charge in [-0.15, -0.1) is 0 Å². The van der Waals surface area contributed by atoms with Crippen LogP contribution in [-0.4, -0.2) is 30.2 Å². The van der Waals surface area contributed by atoms with Gasteiger partial charge in [0.1, 0.15) is 0 Å². The van der Waals surface area contributed by atoms with Crippen molar-refractivity contribution in [1.29, 1.82) is 0 Å². The van der Waals surface area contributed by atoms with Crippen molar-refractivity contribution in [3.05, 3.63) is 29.8 Å². The van der Waals surface area contributed by atoms with E-state index in [2.05, 4.69) is 5.32 Å². The van der Waals surface area contributed by atoms with Crippen molar-refractivity contribution in [2.45, 2.75) is 25.7 Å². The first-order valence-electron chi connectivity index (χ1n) is 6.76. The number of carboxylic acids is 1. The number of hydrogen-bond donors (Lipinski definition) is 2. The maximum absolute atomic E-state index is 11.9. The molecule has 0 aliphatic carbocycles. The monoisotopic (exact) mass is 277 g/mol. The number of carbonyl (C=O) groups excluding carboxylic acids is 1. The van der Waals surface area contributed by atoms with Gasteiger partial charge in [0.25, 0.3) is 0 Å². The van der Waals surface area contributed by atoms with E-state index in [1.165, 1.54) is 0 Å². The molecule has 20 heavy (non-hydrogen) atoms. The van der Waals surface area contributed by atoms with Crippen LogP contribution in [0.5, 0.6) is 0 Å². The molecule has 2 rings (SSSR count). The predicted molar refractivity (Wildman–Crippen MR) is 74.7 cm³/mol. The van der Waals surface area contributed by atoms with Crippen LogP contribution in [0, 0.1) is 5.92 Å². The quantitative estimate of drug-likeness (QED) is 0.865. The molecular formula is C15H19NO4. The Morgan fingerprint density at radius 1 is 1.50 bits per heavy atom. The second-order valence-corrected chi connectivity index (χ2v) is 5.17. The lowest BCUT2D eigenvalue weighted by atomic mass is 10.0. The van der Waals surface area contributed by atoms with E-state index >= 15 is 0 Å². The molecule has 2 N–H and O–H groups in total. The van der Waals surface area contributed by atoms with E-state index in [4.69, 9.17) is 9.84 Å². The lowest BCUT2D eigenvalue weighted by Gasteiger charge is -2.11. The van der Waals surface area contributed by atoms with E-state index < -0.39 is 11.9 Å². The smallest absolute Gasteiger partial charge is 0.310 e. The lowest BCUT2D eigenvalue weighted by molar-refractivity contribution is -0.138. The van der Waals surface area contributed by atoms with E-state index in [0.717, 1.165) is 13.0 Å². The summed E-state index contributed by atoms with van der Waals surface area (Å²) in [7, 11) is 0. The molecule has 0 bridgehead atoms. The fraction of sp³-hybridized carbons (Fsp3) is 0.467. The highest BCUT2D eigenvalue weighted by molar-refractivity contribution is 5.91. The normalized spacial score (nSPS) is 19.6. The minimum absolute atomic E-state index is 0.0550. The SMILES string of the molecule is CC(C(=O)O)c1cccc(NC(=O)CC2CCOC2)c1. The van der Waals surface area contributed by atoms with Crippen molar-refractivity contribution in [2.75, 3.05) is 18.5 Å². The molecule has 1 heterocycles. The first-order valence-corrected chi connectivity index (χ1v) is 6.76. The number of anilines is 1. The number of nitrogens with one attached hydrogen (secondary N) is 1. The zero-order chi connectivity index (χ0) is 14.5. The fourth-order valence-electron chi connectivity index (χ4n) is 2.25. The van der Waals surface area contributed by atoms with Crippen LogP contribution in [0.15, 0.2) is 24.3 Å². The third-order valence-electron chi connectivity index (χ3n) is 3.54. The molecule has 1 aliphatic heterocycles. The molecule has 1 aliphatic rings. The molecule has 1 amide bonds. The molecule has 5 heteroatoms. The van der Waals surface area contributed by atoms with Crippen LogP contribution in [0.3, 0.4) is 0 Å². The van der Waals surface area contributed by atoms with Crippen molar-refractivity contribution in [1.82, 2.24) is 0 Å². The topological polar surface area (TPSA) is 75.6 Å². The van der Waals surface area contributed by atoms with Gasteiger partial charge in [0, 0.05) is 25.3 Å². The number of aliphatic carboxylic acids is 1. The lowest BCUT2D eigenvalue weighted by Crippen LogP contribution is -2.17. The molecule has 2 atom stereocenters. The molecule has 1 saturated heterocycles. The summed E-state index contributed by atoms with van der Waals surface area (Å²) in [6.07, 6.45) is 1.36. The van der Waals surface area contributed by atoms with Gasteiger partial charge in [0.2, 0.25) is 5.91 Å². The number of benzene rings is 1. The van der Waals surface area contributed by atoms with Gasteiger partial charge in [0.05, 0.1) is 5.92 Å². The van der Waals surface area contributed by atoms with Crippen molar-refractivity contribution in [3.63, 3.8) is 0 Å². The third kappa shape index (κ3) is 3.81. The highest BCUT2D eigenvalue weighted by atomic mass is 16.5. The fourth-order valence-corrected chi connectivity index (χ4v) is 2.25. The predicted octanol–water partition coefficient (Wildman–Crippen LogP) is 2.24. The summed E-state index contributed by atoms with van der Waals surface area (Å²) in [6.45, 7) is 2.99. The van der Waals surface area contributed by atoms with E-state index in [1.54, 1.807) is 31.2 Å². The summed E-state index contributed by atoms with van der Waals surface area (Å²) < 4.78 is 5.24. The van der Waals surface area contributed by atoms with Gasteiger partial charge in [-0.05, 0) is 37.0 Å². The maximum Gasteiger partial charge on any atom is 0.310 e. The average molecular weight is 277 g/mol. The Bertz CT molecular complexity index is 494. The Morgan fingerprint density at radius 3 is 2.95 bits per heavy atom. The Hall–Kier alpha value is -1.88. The second-order valence-electron chi connectivity index (χ2n) is 5.17. The molecule has 0 radical (unpaired) electrons. The van der Waals surface area contributed by atoms with Crippen molar-refractivity contribution in [2.24, 2.45) is 5.92 Å².